The van der Waals surface area contributed by atoms with Gasteiger partial charge < -0.3 is 20.9 Å². The van der Waals surface area contributed by atoms with Gasteiger partial charge in [-0.3, -0.25) is 4.79 Å². The lowest BCUT2D eigenvalue weighted by atomic mass is 10.0. The highest BCUT2D eigenvalue weighted by Gasteiger charge is 2.63. The molecule has 0 aromatic rings. The SMILES string of the molecule is N[C@@H](CCCCNC(=O)OC1CC2C3C=CC1C32)C(=O)O. The van der Waals surface area contributed by atoms with Gasteiger partial charge in [-0.2, -0.15) is 0 Å². The van der Waals surface area contributed by atoms with E-state index in [2.05, 4.69) is 17.5 Å². The third-order valence-corrected chi connectivity index (χ3v) is 5.01. The topological polar surface area (TPSA) is 102 Å². The monoisotopic (exact) mass is 294 g/mol. The van der Waals surface area contributed by atoms with Gasteiger partial charge in [0.05, 0.1) is 0 Å². The number of ether oxygens (including phenoxy) is 1. The molecule has 3 aliphatic carbocycles. The number of fused-ring (bicyclic) bond motifs is 1. The number of nitrogens with one attached hydrogen (secondary N) is 1. The van der Waals surface area contributed by atoms with Gasteiger partial charge in [0.1, 0.15) is 12.1 Å². The van der Waals surface area contributed by atoms with Gasteiger partial charge in [0.2, 0.25) is 0 Å². The second-order valence-electron chi connectivity index (χ2n) is 6.33. The Morgan fingerprint density at radius 3 is 2.81 bits per heavy atom. The van der Waals surface area contributed by atoms with Crippen molar-refractivity contribution in [3.63, 3.8) is 0 Å². The molecule has 1 amide bonds. The molecule has 3 rings (SSSR count). The Kier molecular flexibility index (Phi) is 3.89. The summed E-state index contributed by atoms with van der Waals surface area (Å²) in [6.45, 7) is 0.494. The third-order valence-electron chi connectivity index (χ3n) is 5.01. The number of hydrogen-bond acceptors (Lipinski definition) is 4. The number of amides is 1. The summed E-state index contributed by atoms with van der Waals surface area (Å²) >= 11 is 0. The molecule has 0 radical (unpaired) electrons. The maximum Gasteiger partial charge on any atom is 0.407 e. The van der Waals surface area contributed by atoms with Crippen molar-refractivity contribution in [2.24, 2.45) is 29.4 Å². The fourth-order valence-corrected chi connectivity index (χ4v) is 3.85. The second kappa shape index (κ2) is 5.67. The van der Waals surface area contributed by atoms with Gasteiger partial charge >= 0.3 is 12.1 Å². The molecule has 0 saturated heterocycles. The van der Waals surface area contributed by atoms with Crippen LogP contribution in [0.3, 0.4) is 0 Å². The number of aliphatic carboxylic acids is 1. The van der Waals surface area contributed by atoms with Crippen molar-refractivity contribution in [3.05, 3.63) is 12.2 Å². The van der Waals surface area contributed by atoms with Crippen LogP contribution in [0.15, 0.2) is 12.2 Å². The quantitative estimate of drug-likeness (QED) is 0.482. The van der Waals surface area contributed by atoms with Crippen LogP contribution < -0.4 is 11.1 Å². The van der Waals surface area contributed by atoms with Gasteiger partial charge in [-0.05, 0) is 43.4 Å². The molecular formula is C15H22N2O4. The summed E-state index contributed by atoms with van der Waals surface area (Å²) in [4.78, 5) is 22.3. The molecule has 6 heteroatoms. The van der Waals surface area contributed by atoms with E-state index in [-0.39, 0.29) is 12.2 Å². The number of hydrogen-bond donors (Lipinski definition) is 3. The summed E-state index contributed by atoms with van der Waals surface area (Å²) < 4.78 is 5.49. The van der Waals surface area contributed by atoms with Crippen LogP contribution in [-0.2, 0) is 9.53 Å². The number of carbonyl (C=O) groups excluding carboxylic acids is 1. The number of allylic oxidation sites excluding steroid dienone is 1. The van der Waals surface area contributed by atoms with Crippen LogP contribution in [0.5, 0.6) is 0 Å². The number of nitrogens with two attached hydrogens (primary N) is 1. The lowest BCUT2D eigenvalue weighted by Gasteiger charge is -2.19. The van der Waals surface area contributed by atoms with Gasteiger partial charge in [-0.1, -0.05) is 12.2 Å². The van der Waals surface area contributed by atoms with Crippen LogP contribution in [-0.4, -0.2) is 35.9 Å². The average Bonchev–Trinajstić information content (AvgIpc) is 2.81. The van der Waals surface area contributed by atoms with E-state index in [0.29, 0.717) is 31.7 Å². The Morgan fingerprint density at radius 1 is 1.33 bits per heavy atom. The zero-order valence-electron chi connectivity index (χ0n) is 11.9. The lowest BCUT2D eigenvalue weighted by Crippen LogP contribution is -2.32. The van der Waals surface area contributed by atoms with E-state index in [1.54, 1.807) is 0 Å². The van der Waals surface area contributed by atoms with Gasteiger partial charge in [0.25, 0.3) is 0 Å². The van der Waals surface area contributed by atoms with Crippen molar-refractivity contribution in [2.75, 3.05) is 6.54 Å². The third kappa shape index (κ3) is 2.90. The Hall–Kier alpha value is -1.56. The van der Waals surface area contributed by atoms with Crippen LogP contribution in [0.1, 0.15) is 25.7 Å². The first-order valence-corrected chi connectivity index (χ1v) is 7.69. The van der Waals surface area contributed by atoms with E-state index in [1.165, 1.54) is 0 Å². The summed E-state index contributed by atoms with van der Waals surface area (Å²) in [5, 5.41) is 11.4. The number of rotatable bonds is 7. The first-order chi connectivity index (χ1) is 10.1. The lowest BCUT2D eigenvalue weighted by molar-refractivity contribution is -0.138. The highest BCUT2D eigenvalue weighted by Crippen LogP contribution is 2.65. The molecule has 0 heterocycles. The molecule has 21 heavy (non-hydrogen) atoms. The molecular weight excluding hydrogens is 272 g/mol. The number of alkyl carbamates (subject to hydrolysis) is 1. The van der Waals surface area contributed by atoms with E-state index < -0.39 is 12.0 Å². The smallest absolute Gasteiger partial charge is 0.407 e. The second-order valence-corrected chi connectivity index (χ2v) is 6.33. The van der Waals surface area contributed by atoms with Gasteiger partial charge in [0.15, 0.2) is 0 Å². The molecule has 3 aliphatic rings. The Bertz CT molecular complexity index is 465. The fourth-order valence-electron chi connectivity index (χ4n) is 3.85. The number of unbranched alkanes of at least 4 members (excludes halogenated alkanes) is 1. The van der Waals surface area contributed by atoms with E-state index >= 15 is 0 Å². The maximum absolute atomic E-state index is 11.7. The molecule has 0 aliphatic heterocycles. The van der Waals surface area contributed by atoms with E-state index in [4.69, 9.17) is 15.6 Å². The van der Waals surface area contributed by atoms with Gasteiger partial charge in [0, 0.05) is 12.5 Å². The minimum Gasteiger partial charge on any atom is -0.480 e. The average molecular weight is 294 g/mol. The Morgan fingerprint density at radius 2 is 2.10 bits per heavy atom. The van der Waals surface area contributed by atoms with E-state index in [9.17, 15) is 9.59 Å². The molecule has 6 atom stereocenters. The van der Waals surface area contributed by atoms with Crippen molar-refractivity contribution in [2.45, 2.75) is 37.8 Å². The van der Waals surface area contributed by atoms with Crippen molar-refractivity contribution >= 4 is 12.1 Å². The Balaban J connectivity index is 1.27. The van der Waals surface area contributed by atoms with Gasteiger partial charge in [-0.25, -0.2) is 4.79 Å². The summed E-state index contributed by atoms with van der Waals surface area (Å²) in [5.41, 5.74) is 5.40. The minimum atomic E-state index is -0.981. The van der Waals surface area contributed by atoms with Crippen molar-refractivity contribution in [3.8, 4) is 0 Å². The Labute approximate surface area is 123 Å². The molecule has 2 fully saturated rings. The standard InChI is InChI=1S/C15H22N2O4/c16-11(14(18)19)3-1-2-6-17-15(20)21-12-7-10-8-4-5-9(12)13(8)10/h4-5,8-13H,1-3,6-7,16H2,(H,17,20)(H,18,19)/t8?,9?,10?,11-,12?,13?/m0/s1. The van der Waals surface area contributed by atoms with Gasteiger partial charge in [-0.15, -0.1) is 0 Å². The summed E-state index contributed by atoms with van der Waals surface area (Å²) in [5.74, 6) is 1.69. The molecule has 0 aromatic heterocycles. The molecule has 116 valence electrons. The van der Waals surface area contributed by atoms with Crippen LogP contribution in [0, 0.1) is 23.7 Å². The molecule has 0 aromatic carbocycles. The molecule has 4 N–H and O–H groups in total. The summed E-state index contributed by atoms with van der Waals surface area (Å²) in [6, 6.07) is -0.815. The predicted octanol–water partition coefficient (Wildman–Crippen LogP) is 1.12. The normalized spacial score (nSPS) is 36.1. The predicted molar refractivity (Wildman–Crippen MR) is 75.5 cm³/mol. The van der Waals surface area contributed by atoms with Crippen LogP contribution in [0.25, 0.3) is 0 Å². The zero-order chi connectivity index (χ0) is 15.0. The fraction of sp³-hybridized carbons (Fsp3) is 0.733. The van der Waals surface area contributed by atoms with Crippen molar-refractivity contribution in [1.29, 1.82) is 0 Å². The number of carboxylic acid groups (broad SMARTS) is 1. The van der Waals surface area contributed by atoms with E-state index in [0.717, 1.165) is 24.2 Å². The molecule has 0 spiro atoms. The van der Waals surface area contributed by atoms with Crippen LogP contribution >= 0.6 is 0 Å². The molecule has 6 nitrogen and oxygen atoms in total. The van der Waals surface area contributed by atoms with Crippen LogP contribution in [0.4, 0.5) is 4.79 Å². The molecule has 0 bridgehead atoms. The number of carbonyl (C=O) groups is 2. The first-order valence-electron chi connectivity index (χ1n) is 7.69. The molecule has 5 unspecified atom stereocenters. The zero-order valence-corrected chi connectivity index (χ0v) is 11.9. The minimum absolute atomic E-state index is 0.0374. The molecule has 2 saturated carbocycles. The van der Waals surface area contributed by atoms with Crippen molar-refractivity contribution in [1.82, 2.24) is 5.32 Å². The highest BCUT2D eigenvalue weighted by atomic mass is 16.6. The van der Waals surface area contributed by atoms with E-state index in [1.807, 2.05) is 0 Å². The maximum atomic E-state index is 11.7. The number of carboxylic acids is 1. The largest absolute Gasteiger partial charge is 0.480 e. The summed E-state index contributed by atoms with van der Waals surface area (Å²) in [7, 11) is 0. The first kappa shape index (κ1) is 14.4. The highest BCUT2D eigenvalue weighted by molar-refractivity contribution is 5.72. The van der Waals surface area contributed by atoms with Crippen molar-refractivity contribution < 1.29 is 19.4 Å². The van der Waals surface area contributed by atoms with Crippen LogP contribution in [0.2, 0.25) is 0 Å². The summed E-state index contributed by atoms with van der Waals surface area (Å²) in [6.07, 6.45) is 6.94.